The predicted octanol–water partition coefficient (Wildman–Crippen LogP) is 2.87. The highest BCUT2D eigenvalue weighted by Gasteiger charge is 2.31. The van der Waals surface area contributed by atoms with Gasteiger partial charge in [0.05, 0.1) is 0 Å². The molecule has 90 valence electrons. The van der Waals surface area contributed by atoms with Crippen molar-refractivity contribution in [1.82, 2.24) is 9.88 Å². The van der Waals surface area contributed by atoms with E-state index in [4.69, 9.17) is 0 Å². The second kappa shape index (κ2) is 4.62. The van der Waals surface area contributed by atoms with E-state index in [0.29, 0.717) is 0 Å². The Morgan fingerprint density at radius 1 is 1.44 bits per heavy atom. The Morgan fingerprint density at radius 3 is 2.62 bits per heavy atom. The van der Waals surface area contributed by atoms with Crippen LogP contribution in [0.2, 0.25) is 0 Å². The van der Waals surface area contributed by atoms with Crippen LogP contribution in [0.4, 0.5) is 0 Å². The molecule has 0 aliphatic heterocycles. The van der Waals surface area contributed by atoms with Gasteiger partial charge in [0.25, 0.3) is 0 Å². The normalized spacial score (nSPS) is 23.8. The maximum atomic E-state index is 3.59. The van der Waals surface area contributed by atoms with Crippen molar-refractivity contribution in [2.24, 2.45) is 11.8 Å². The van der Waals surface area contributed by atoms with Crippen LogP contribution in [0.25, 0.3) is 0 Å². The van der Waals surface area contributed by atoms with Gasteiger partial charge in [0.1, 0.15) is 0 Å². The SMILES string of the molecule is CCn1c(C)cc(CNCC2CC2C)c1C. The average molecular weight is 220 g/mol. The van der Waals surface area contributed by atoms with Crippen LogP contribution < -0.4 is 5.32 Å². The summed E-state index contributed by atoms with van der Waals surface area (Å²) in [6, 6.07) is 2.32. The van der Waals surface area contributed by atoms with Crippen molar-refractivity contribution < 1.29 is 0 Å². The molecular formula is C14H24N2. The summed E-state index contributed by atoms with van der Waals surface area (Å²) in [7, 11) is 0. The van der Waals surface area contributed by atoms with E-state index in [1.807, 2.05) is 0 Å². The summed E-state index contributed by atoms with van der Waals surface area (Å²) in [5.74, 6) is 1.89. The number of rotatable bonds is 5. The third kappa shape index (κ3) is 2.32. The Bertz CT molecular complexity index is 365. The fourth-order valence-electron chi connectivity index (χ4n) is 2.61. The molecule has 0 saturated heterocycles. The van der Waals surface area contributed by atoms with Crippen molar-refractivity contribution in [2.45, 2.75) is 47.2 Å². The number of aromatic nitrogens is 1. The Balaban J connectivity index is 1.88. The molecule has 0 radical (unpaired) electrons. The van der Waals surface area contributed by atoms with E-state index in [2.05, 4.69) is 43.6 Å². The highest BCUT2D eigenvalue weighted by molar-refractivity contribution is 5.26. The Hall–Kier alpha value is -0.760. The topological polar surface area (TPSA) is 17.0 Å². The molecule has 0 bridgehead atoms. The summed E-state index contributed by atoms with van der Waals surface area (Å²) in [5.41, 5.74) is 4.28. The Morgan fingerprint density at radius 2 is 2.12 bits per heavy atom. The lowest BCUT2D eigenvalue weighted by Gasteiger charge is -2.07. The minimum absolute atomic E-state index is 0.940. The smallest absolute Gasteiger partial charge is 0.0223 e. The lowest BCUT2D eigenvalue weighted by molar-refractivity contribution is 0.608. The van der Waals surface area contributed by atoms with Crippen LogP contribution in [0.3, 0.4) is 0 Å². The van der Waals surface area contributed by atoms with Crippen LogP contribution in [-0.4, -0.2) is 11.1 Å². The van der Waals surface area contributed by atoms with Crippen LogP contribution in [0.5, 0.6) is 0 Å². The molecule has 16 heavy (non-hydrogen) atoms. The van der Waals surface area contributed by atoms with Gasteiger partial charge in [-0.05, 0) is 57.2 Å². The zero-order valence-electron chi connectivity index (χ0n) is 11.0. The first-order valence-electron chi connectivity index (χ1n) is 6.49. The van der Waals surface area contributed by atoms with Gasteiger partial charge in [0, 0.05) is 24.5 Å². The van der Waals surface area contributed by atoms with E-state index in [-0.39, 0.29) is 0 Å². The second-order valence-corrected chi connectivity index (χ2v) is 5.24. The average Bonchev–Trinajstić information content (AvgIpc) is 2.86. The molecule has 2 unspecified atom stereocenters. The molecule has 2 rings (SSSR count). The van der Waals surface area contributed by atoms with Crippen LogP contribution in [0.1, 0.15) is 37.2 Å². The predicted molar refractivity (Wildman–Crippen MR) is 68.6 cm³/mol. The molecule has 1 aliphatic carbocycles. The maximum Gasteiger partial charge on any atom is 0.0223 e. The summed E-state index contributed by atoms with van der Waals surface area (Å²) in [5, 5.41) is 3.59. The molecule has 1 saturated carbocycles. The number of hydrogen-bond donors (Lipinski definition) is 1. The third-order valence-electron chi connectivity index (χ3n) is 3.99. The quantitative estimate of drug-likeness (QED) is 0.807. The zero-order valence-corrected chi connectivity index (χ0v) is 11.0. The first kappa shape index (κ1) is 11.7. The van der Waals surface area contributed by atoms with Gasteiger partial charge in [-0.25, -0.2) is 0 Å². The third-order valence-corrected chi connectivity index (χ3v) is 3.99. The molecule has 2 nitrogen and oxygen atoms in total. The van der Waals surface area contributed by atoms with Crippen LogP contribution in [-0.2, 0) is 13.1 Å². The lowest BCUT2D eigenvalue weighted by Crippen LogP contribution is -2.17. The fourth-order valence-corrected chi connectivity index (χ4v) is 2.61. The second-order valence-electron chi connectivity index (χ2n) is 5.24. The van der Waals surface area contributed by atoms with Gasteiger partial charge in [-0.3, -0.25) is 0 Å². The highest BCUT2D eigenvalue weighted by atomic mass is 15.0. The first-order chi connectivity index (χ1) is 7.63. The molecule has 1 aliphatic rings. The summed E-state index contributed by atoms with van der Waals surface area (Å²) in [4.78, 5) is 0. The van der Waals surface area contributed by atoms with Crippen LogP contribution in [0.15, 0.2) is 6.07 Å². The van der Waals surface area contributed by atoms with E-state index >= 15 is 0 Å². The molecule has 0 amide bonds. The summed E-state index contributed by atoms with van der Waals surface area (Å²) in [6.45, 7) is 12.3. The largest absolute Gasteiger partial charge is 0.349 e. The molecule has 2 heteroatoms. The summed E-state index contributed by atoms with van der Waals surface area (Å²) in [6.07, 6.45) is 1.42. The molecule has 0 spiro atoms. The highest BCUT2D eigenvalue weighted by Crippen LogP contribution is 2.36. The van der Waals surface area contributed by atoms with E-state index in [9.17, 15) is 0 Å². The van der Waals surface area contributed by atoms with Crippen LogP contribution >= 0.6 is 0 Å². The minimum atomic E-state index is 0.940. The van der Waals surface area contributed by atoms with Crippen molar-refractivity contribution in [3.63, 3.8) is 0 Å². The van der Waals surface area contributed by atoms with Gasteiger partial charge in [0.2, 0.25) is 0 Å². The molecule has 1 aromatic heterocycles. The van der Waals surface area contributed by atoms with Gasteiger partial charge in [-0.1, -0.05) is 6.92 Å². The van der Waals surface area contributed by atoms with Gasteiger partial charge in [-0.15, -0.1) is 0 Å². The zero-order chi connectivity index (χ0) is 11.7. The van der Waals surface area contributed by atoms with Gasteiger partial charge >= 0.3 is 0 Å². The number of nitrogens with one attached hydrogen (secondary N) is 1. The van der Waals surface area contributed by atoms with Crippen molar-refractivity contribution in [1.29, 1.82) is 0 Å². The van der Waals surface area contributed by atoms with Gasteiger partial charge in [-0.2, -0.15) is 0 Å². The summed E-state index contributed by atoms with van der Waals surface area (Å²) >= 11 is 0. The van der Waals surface area contributed by atoms with Crippen molar-refractivity contribution in [3.05, 3.63) is 23.0 Å². The monoisotopic (exact) mass is 220 g/mol. The first-order valence-corrected chi connectivity index (χ1v) is 6.49. The van der Waals surface area contributed by atoms with Crippen molar-refractivity contribution >= 4 is 0 Å². The van der Waals surface area contributed by atoms with E-state index in [0.717, 1.165) is 24.9 Å². The Kier molecular flexibility index (Phi) is 3.38. The number of aryl methyl sites for hydroxylation is 1. The Labute approximate surface area is 99.0 Å². The van der Waals surface area contributed by atoms with Gasteiger partial charge in [0.15, 0.2) is 0 Å². The number of nitrogens with zero attached hydrogens (tertiary/aromatic N) is 1. The fraction of sp³-hybridized carbons (Fsp3) is 0.714. The minimum Gasteiger partial charge on any atom is -0.349 e. The van der Waals surface area contributed by atoms with Crippen LogP contribution in [0, 0.1) is 25.7 Å². The molecule has 1 heterocycles. The molecule has 2 atom stereocenters. The molecular weight excluding hydrogens is 196 g/mol. The maximum absolute atomic E-state index is 3.59. The van der Waals surface area contributed by atoms with Crippen molar-refractivity contribution in [2.75, 3.05) is 6.54 Å². The molecule has 1 N–H and O–H groups in total. The summed E-state index contributed by atoms with van der Waals surface area (Å²) < 4.78 is 2.39. The van der Waals surface area contributed by atoms with Gasteiger partial charge < -0.3 is 9.88 Å². The van der Waals surface area contributed by atoms with E-state index in [1.165, 1.54) is 29.9 Å². The standard InChI is InChI=1S/C14H24N2/c1-5-16-11(3)7-14(12(16)4)9-15-8-13-6-10(13)2/h7,10,13,15H,5-6,8-9H2,1-4H3. The van der Waals surface area contributed by atoms with E-state index < -0.39 is 0 Å². The molecule has 1 fully saturated rings. The van der Waals surface area contributed by atoms with E-state index in [1.54, 1.807) is 0 Å². The molecule has 0 aromatic carbocycles. The van der Waals surface area contributed by atoms with Crippen molar-refractivity contribution in [3.8, 4) is 0 Å². The molecule has 1 aromatic rings. The lowest BCUT2D eigenvalue weighted by atomic mass is 10.2. The number of hydrogen-bond acceptors (Lipinski definition) is 1.